The normalized spacial score (nSPS) is 13.9. The topological polar surface area (TPSA) is 245 Å². The first kappa shape index (κ1) is 37.9. The molecule has 0 saturated carbocycles. The van der Waals surface area contributed by atoms with Gasteiger partial charge >= 0.3 is 22.9 Å². The zero-order valence-corrected chi connectivity index (χ0v) is 31.9. The van der Waals surface area contributed by atoms with Gasteiger partial charge in [0, 0.05) is 39.4 Å². The van der Waals surface area contributed by atoms with Gasteiger partial charge in [0.2, 0.25) is 11.5 Å². The molecule has 4 heterocycles. The highest BCUT2D eigenvalue weighted by Gasteiger charge is 2.34. The molecule has 0 atom stereocenters. The predicted molar refractivity (Wildman–Crippen MR) is 213 cm³/mol. The average molecular weight is 844 g/mol. The number of benzene rings is 5. The molecule has 3 aromatic heterocycles. The lowest BCUT2D eigenvalue weighted by Crippen LogP contribution is -2.37. The molecule has 1 aliphatic heterocycles. The van der Waals surface area contributed by atoms with Crippen molar-refractivity contribution in [2.45, 2.75) is 0 Å². The van der Waals surface area contributed by atoms with E-state index in [9.17, 15) is 45.7 Å². The molecule has 2 N–H and O–H groups in total. The smallest absolute Gasteiger partial charge is 0.381 e. The fourth-order valence-electron chi connectivity index (χ4n) is 7.17. The molecule has 0 unspecified atom stereocenters. The number of hydrogen-bond donors (Lipinski definition) is 2. The monoisotopic (exact) mass is 843 g/mol. The maximum atomic E-state index is 12.9. The molecule has 1 aliphatic rings. The first-order valence-electron chi connectivity index (χ1n) is 17.4. The SMILES string of the molecule is C=C=C=C([n+]1c(C=C(C=C2Oc3cc4c(cc3N2CS(=O)(=O)[O-])oc2ccccc24)c2cc(C(=O)O)ccc2C(=O)O)oc2cc3c(cc21)oc1ccccc13)S(=O)(=O)[O-]. The molecule has 0 aliphatic carbocycles. The number of ether oxygens (including phenoxy) is 1. The zero-order valence-electron chi connectivity index (χ0n) is 30.2. The molecule has 0 amide bonds. The van der Waals surface area contributed by atoms with Crippen LogP contribution in [0.1, 0.15) is 32.2 Å². The van der Waals surface area contributed by atoms with Crippen LogP contribution in [-0.4, -0.2) is 54.0 Å². The maximum absolute atomic E-state index is 12.9. The van der Waals surface area contributed by atoms with Crippen LogP contribution in [0.3, 0.4) is 0 Å². The number of anilines is 1. The van der Waals surface area contributed by atoms with E-state index in [1.54, 1.807) is 54.6 Å². The van der Waals surface area contributed by atoms with Gasteiger partial charge in [0.05, 0.1) is 29.0 Å². The van der Waals surface area contributed by atoms with Crippen LogP contribution >= 0.6 is 0 Å². The molecule has 0 bridgehead atoms. The number of rotatable bonds is 9. The Hall–Kier alpha value is -7.69. The van der Waals surface area contributed by atoms with Crippen LogP contribution in [0.15, 0.2) is 134 Å². The van der Waals surface area contributed by atoms with Gasteiger partial charge in [-0.1, -0.05) is 42.1 Å². The summed E-state index contributed by atoms with van der Waals surface area (Å²) in [5, 5.41) is 21.7. The Morgan fingerprint density at radius 1 is 0.750 bits per heavy atom. The minimum Gasteiger partial charge on any atom is -0.747 e. The Kier molecular flexibility index (Phi) is 8.65. The average Bonchev–Trinajstić information content (AvgIpc) is 3.93. The highest BCUT2D eigenvalue weighted by atomic mass is 32.2. The van der Waals surface area contributed by atoms with Gasteiger partial charge in [0.15, 0.2) is 15.9 Å². The Morgan fingerprint density at radius 2 is 1.40 bits per heavy atom. The second kappa shape index (κ2) is 13.7. The van der Waals surface area contributed by atoms with Crippen LogP contribution in [0.25, 0.3) is 71.7 Å². The van der Waals surface area contributed by atoms with Crippen LogP contribution in [0.4, 0.5) is 5.69 Å². The summed E-state index contributed by atoms with van der Waals surface area (Å²) >= 11 is 0. The van der Waals surface area contributed by atoms with Crippen LogP contribution in [0.2, 0.25) is 0 Å². The van der Waals surface area contributed by atoms with Gasteiger partial charge in [-0.2, -0.15) is 0 Å². The number of aromatic carboxylic acids is 2. The standard InChI is InChI=1S/C42H24N2O14S2/c1-2-7-40(60(52,53)54)44-31-20-35-29(25-9-4-6-11-33(25)56-35)18-37(31)58-39(44)16-23(27-14-22(41(45)46)12-13-26(27)42(47)48)15-38-43(21-59(49,50)51)30-19-34-28(17-36(30)57-38)24-8-3-5-10-32(24)55-34/h3-6,8-20H,1,21H2,(H3-,45,46,47,48,49,50,51,52,53,54)/p-1. The van der Waals surface area contributed by atoms with Gasteiger partial charge in [-0.3, -0.25) is 4.90 Å². The Bertz CT molecular complexity index is 3610. The highest BCUT2D eigenvalue weighted by molar-refractivity contribution is 7.94. The summed E-state index contributed by atoms with van der Waals surface area (Å²) in [7, 11) is -10.5. The number of oxazole rings is 1. The van der Waals surface area contributed by atoms with E-state index in [4.69, 9.17) is 18.0 Å². The van der Waals surface area contributed by atoms with Crippen molar-refractivity contribution in [2.75, 3.05) is 10.8 Å². The Morgan fingerprint density at radius 3 is 2.02 bits per heavy atom. The van der Waals surface area contributed by atoms with Crippen molar-refractivity contribution < 1.29 is 68.3 Å². The molecular weight excluding hydrogens is 821 g/mol. The molecule has 18 heteroatoms. The number of carboxylic acids is 2. The fourth-order valence-corrected chi connectivity index (χ4v) is 8.36. The molecule has 5 aromatic carbocycles. The van der Waals surface area contributed by atoms with Gasteiger partial charge in [0.25, 0.3) is 5.52 Å². The lowest BCUT2D eigenvalue weighted by Gasteiger charge is -2.20. The number of para-hydroxylation sites is 2. The van der Waals surface area contributed by atoms with Crippen molar-refractivity contribution in [3.8, 4) is 5.75 Å². The second-order valence-electron chi connectivity index (χ2n) is 13.3. The number of furan rings is 2. The first-order valence-corrected chi connectivity index (χ1v) is 20.4. The molecule has 0 saturated heterocycles. The fraction of sp³-hybridized carbons (Fsp3) is 0.0238. The van der Waals surface area contributed by atoms with E-state index in [2.05, 4.69) is 18.0 Å². The summed E-state index contributed by atoms with van der Waals surface area (Å²) in [5.74, 6) is -4.95. The molecule has 0 radical (unpaired) electrons. The van der Waals surface area contributed by atoms with Crippen molar-refractivity contribution in [2.24, 2.45) is 0 Å². The van der Waals surface area contributed by atoms with Gasteiger partial charge < -0.3 is 37.3 Å². The third-order valence-electron chi connectivity index (χ3n) is 9.65. The van der Waals surface area contributed by atoms with E-state index >= 15 is 0 Å². The van der Waals surface area contributed by atoms with Crippen molar-refractivity contribution >= 4 is 110 Å². The van der Waals surface area contributed by atoms with E-state index in [1.165, 1.54) is 18.2 Å². The zero-order chi connectivity index (χ0) is 42.2. The minimum absolute atomic E-state index is 0.00421. The number of carboxylic acid groups (broad SMARTS) is 2. The number of fused-ring (bicyclic) bond motifs is 8. The van der Waals surface area contributed by atoms with E-state index < -0.39 is 54.5 Å². The minimum atomic E-state index is -5.43. The van der Waals surface area contributed by atoms with Crippen LogP contribution in [0.5, 0.6) is 5.75 Å². The summed E-state index contributed by atoms with van der Waals surface area (Å²) in [4.78, 5) is 26.0. The number of carbonyl (C=O) groups is 2. The van der Waals surface area contributed by atoms with Crippen LogP contribution in [0, 0.1) is 0 Å². The number of aromatic nitrogens is 1. The molecule has 0 spiro atoms. The summed E-state index contributed by atoms with van der Waals surface area (Å²) in [6.45, 7) is 3.36. The number of nitrogens with zero attached hydrogens (tertiary/aromatic N) is 2. The van der Waals surface area contributed by atoms with Gasteiger partial charge in [-0.15, -0.1) is 4.57 Å². The molecule has 16 nitrogen and oxygen atoms in total. The molecule has 9 rings (SSSR count). The summed E-state index contributed by atoms with van der Waals surface area (Å²) in [6, 6.07) is 23.1. The van der Waals surface area contributed by atoms with E-state index in [-0.39, 0.29) is 50.7 Å². The van der Waals surface area contributed by atoms with Crippen LogP contribution < -0.4 is 14.2 Å². The molecule has 8 aromatic rings. The van der Waals surface area contributed by atoms with E-state index in [0.717, 1.165) is 39.8 Å². The largest absolute Gasteiger partial charge is 0.747 e. The first-order chi connectivity index (χ1) is 28.6. The van der Waals surface area contributed by atoms with Crippen molar-refractivity contribution in [3.63, 3.8) is 0 Å². The third kappa shape index (κ3) is 6.49. The maximum Gasteiger partial charge on any atom is 0.381 e. The molecule has 60 heavy (non-hydrogen) atoms. The van der Waals surface area contributed by atoms with E-state index in [1.807, 2.05) is 0 Å². The van der Waals surface area contributed by atoms with Gasteiger partial charge in [-0.25, -0.2) is 26.4 Å². The summed E-state index contributed by atoms with van der Waals surface area (Å²) < 4.78 is 101. The Balaban J connectivity index is 1.36. The molecule has 0 fully saturated rings. The third-order valence-corrected chi connectivity index (χ3v) is 11.0. The van der Waals surface area contributed by atoms with Crippen molar-refractivity contribution in [1.29, 1.82) is 0 Å². The summed E-state index contributed by atoms with van der Waals surface area (Å²) in [5.41, 5.74) is 4.49. The molecular formula is C42H23N2O14S2-. The molecule has 298 valence electrons. The van der Waals surface area contributed by atoms with Crippen molar-refractivity contribution in [1.82, 2.24) is 0 Å². The second-order valence-corrected chi connectivity index (χ2v) is 16.0. The number of allylic oxidation sites excluding steroid dienone is 2. The van der Waals surface area contributed by atoms with E-state index in [0.29, 0.717) is 38.3 Å². The van der Waals surface area contributed by atoms with Crippen molar-refractivity contribution in [3.05, 3.63) is 144 Å². The quantitative estimate of drug-likeness (QED) is 0.0845. The van der Waals surface area contributed by atoms with Crippen LogP contribution in [-0.2, 0) is 20.2 Å². The predicted octanol–water partition coefficient (Wildman–Crippen LogP) is 6.98. The lowest BCUT2D eigenvalue weighted by molar-refractivity contribution is -0.553. The highest BCUT2D eigenvalue weighted by Crippen LogP contribution is 2.45. The van der Waals surface area contributed by atoms with Gasteiger partial charge in [-0.05, 0) is 60.2 Å². The number of hydrogen-bond acceptors (Lipinski definition) is 13. The Labute approximate surface area is 336 Å². The lowest BCUT2D eigenvalue weighted by atomic mass is 9.96. The summed E-state index contributed by atoms with van der Waals surface area (Å²) in [6.07, 6.45) is 2.18. The van der Waals surface area contributed by atoms with Gasteiger partial charge in [0.1, 0.15) is 38.3 Å².